The van der Waals surface area contributed by atoms with Gasteiger partial charge in [-0.15, -0.1) is 0 Å². The van der Waals surface area contributed by atoms with E-state index in [-0.39, 0.29) is 29.2 Å². The van der Waals surface area contributed by atoms with Crippen LogP contribution in [0.4, 0.5) is 4.39 Å². The minimum Gasteiger partial charge on any atom is -0.490 e. The third-order valence-corrected chi connectivity index (χ3v) is 2.01. The molecule has 0 aliphatic carbocycles. The quantitative estimate of drug-likeness (QED) is 0.802. The van der Waals surface area contributed by atoms with Gasteiger partial charge in [0.25, 0.3) is 0 Å². The second-order valence-corrected chi connectivity index (χ2v) is 3.03. The fraction of sp³-hybridized carbons (Fsp3) is 0.333. The predicted molar refractivity (Wildman–Crippen MR) is 58.2 cm³/mol. The second kappa shape index (κ2) is 5.72. The molecule has 0 saturated heterocycles. The molecule has 0 aliphatic heterocycles. The highest BCUT2D eigenvalue weighted by Crippen LogP contribution is 2.34. The first kappa shape index (κ1) is 12.8. The molecular weight excluding hydrogens is 223 g/mol. The van der Waals surface area contributed by atoms with Crippen LogP contribution in [-0.4, -0.2) is 13.2 Å². The Morgan fingerprint density at radius 1 is 1.18 bits per heavy atom. The summed E-state index contributed by atoms with van der Waals surface area (Å²) >= 11 is 0. The molecule has 0 aliphatic rings. The molecule has 0 unspecified atom stereocenters. The number of hydrogen-bond acceptors (Lipinski definition) is 4. The number of rotatable bonds is 4. The lowest BCUT2D eigenvalue weighted by Gasteiger charge is -2.12. The maximum Gasteiger partial charge on any atom is 0.198 e. The molecule has 17 heavy (non-hydrogen) atoms. The van der Waals surface area contributed by atoms with Gasteiger partial charge in [-0.2, -0.15) is 10.5 Å². The van der Waals surface area contributed by atoms with Gasteiger partial charge < -0.3 is 9.47 Å². The van der Waals surface area contributed by atoms with Crippen molar-refractivity contribution in [1.29, 1.82) is 10.5 Å². The summed E-state index contributed by atoms with van der Waals surface area (Å²) in [5.74, 6) is -0.829. The topological polar surface area (TPSA) is 66.0 Å². The Hall–Kier alpha value is -2.27. The Morgan fingerprint density at radius 3 is 2.29 bits per heavy atom. The number of benzene rings is 1. The van der Waals surface area contributed by atoms with E-state index in [1.54, 1.807) is 26.0 Å². The van der Waals surface area contributed by atoms with E-state index in [1.165, 1.54) is 6.07 Å². The van der Waals surface area contributed by atoms with E-state index < -0.39 is 5.82 Å². The van der Waals surface area contributed by atoms with Gasteiger partial charge in [0.15, 0.2) is 17.3 Å². The molecule has 0 radical (unpaired) electrons. The normalized spacial score (nSPS) is 9.24. The first-order chi connectivity index (χ1) is 8.19. The van der Waals surface area contributed by atoms with E-state index in [0.717, 1.165) is 0 Å². The molecule has 88 valence electrons. The van der Waals surface area contributed by atoms with E-state index >= 15 is 0 Å². The van der Waals surface area contributed by atoms with Crippen LogP contribution in [0.1, 0.15) is 25.0 Å². The summed E-state index contributed by atoms with van der Waals surface area (Å²) in [5.41, 5.74) is -0.378. The van der Waals surface area contributed by atoms with Gasteiger partial charge in [0.05, 0.1) is 18.8 Å². The van der Waals surface area contributed by atoms with Gasteiger partial charge >= 0.3 is 0 Å². The van der Waals surface area contributed by atoms with Crippen molar-refractivity contribution in [2.24, 2.45) is 0 Å². The Morgan fingerprint density at radius 2 is 1.82 bits per heavy atom. The fourth-order valence-electron chi connectivity index (χ4n) is 1.35. The Kier molecular flexibility index (Phi) is 4.30. The number of hydrogen-bond donors (Lipinski definition) is 0. The molecule has 0 spiro atoms. The molecule has 0 saturated carbocycles. The van der Waals surface area contributed by atoms with Crippen molar-refractivity contribution in [1.82, 2.24) is 0 Å². The van der Waals surface area contributed by atoms with Crippen molar-refractivity contribution < 1.29 is 13.9 Å². The molecule has 0 heterocycles. The molecule has 5 heteroatoms. The summed E-state index contributed by atoms with van der Waals surface area (Å²) in [6.45, 7) is 3.99. The van der Waals surface area contributed by atoms with Gasteiger partial charge in [0, 0.05) is 6.07 Å². The van der Waals surface area contributed by atoms with Gasteiger partial charge in [-0.1, -0.05) is 0 Å². The minimum atomic E-state index is -0.850. The van der Waals surface area contributed by atoms with Gasteiger partial charge in [0.2, 0.25) is 0 Å². The lowest BCUT2D eigenvalue weighted by molar-refractivity contribution is 0.275. The summed E-state index contributed by atoms with van der Waals surface area (Å²) < 4.78 is 24.2. The Bertz CT molecular complexity index is 501. The predicted octanol–water partition coefficient (Wildman–Crippen LogP) is 2.37. The van der Waals surface area contributed by atoms with Crippen LogP contribution in [0.15, 0.2) is 6.07 Å². The highest BCUT2D eigenvalue weighted by atomic mass is 19.1. The first-order valence-electron chi connectivity index (χ1n) is 5.11. The minimum absolute atomic E-state index is 0.0584. The van der Waals surface area contributed by atoms with E-state index in [4.69, 9.17) is 20.0 Å². The first-order valence-corrected chi connectivity index (χ1v) is 5.11. The summed E-state index contributed by atoms with van der Waals surface area (Å²) in [7, 11) is 0. The third kappa shape index (κ3) is 2.46. The van der Waals surface area contributed by atoms with Gasteiger partial charge in [-0.3, -0.25) is 0 Å². The zero-order chi connectivity index (χ0) is 12.8. The van der Waals surface area contributed by atoms with Crippen LogP contribution in [-0.2, 0) is 0 Å². The summed E-state index contributed by atoms with van der Waals surface area (Å²) in [5, 5.41) is 17.6. The highest BCUT2D eigenvalue weighted by molar-refractivity contribution is 5.57. The Balaban J connectivity index is 3.46. The average molecular weight is 234 g/mol. The molecule has 0 amide bonds. The molecule has 0 N–H and O–H groups in total. The van der Waals surface area contributed by atoms with E-state index in [2.05, 4.69) is 0 Å². The molecular formula is C12H11FN2O2. The maximum absolute atomic E-state index is 13.9. The molecule has 1 aromatic rings. The number of nitrogens with zero attached hydrogens (tertiary/aromatic N) is 2. The van der Waals surface area contributed by atoms with E-state index in [0.29, 0.717) is 6.61 Å². The standard InChI is InChI=1S/C12H11FN2O2/c1-3-16-10-5-8(6-14)9(7-15)11(13)12(10)17-4-2/h5H,3-4H2,1-2H3. The van der Waals surface area contributed by atoms with Crippen LogP contribution in [0, 0.1) is 28.5 Å². The van der Waals surface area contributed by atoms with Crippen LogP contribution >= 0.6 is 0 Å². The van der Waals surface area contributed by atoms with Crippen LogP contribution in [0.25, 0.3) is 0 Å². The van der Waals surface area contributed by atoms with Crippen molar-refractivity contribution in [3.05, 3.63) is 23.0 Å². The molecule has 0 aromatic heterocycles. The molecule has 0 atom stereocenters. The number of halogens is 1. The maximum atomic E-state index is 13.9. The Labute approximate surface area is 98.8 Å². The van der Waals surface area contributed by atoms with Crippen LogP contribution in [0.2, 0.25) is 0 Å². The lowest BCUT2D eigenvalue weighted by Crippen LogP contribution is -2.04. The summed E-state index contributed by atoms with van der Waals surface area (Å²) in [6, 6.07) is 4.72. The van der Waals surface area contributed by atoms with Crippen molar-refractivity contribution in [3.63, 3.8) is 0 Å². The van der Waals surface area contributed by atoms with Crippen LogP contribution in [0.3, 0.4) is 0 Å². The smallest absolute Gasteiger partial charge is 0.198 e. The molecule has 4 nitrogen and oxygen atoms in total. The van der Waals surface area contributed by atoms with Crippen LogP contribution < -0.4 is 9.47 Å². The SMILES string of the molecule is CCOc1cc(C#N)c(C#N)c(F)c1OCC. The third-order valence-electron chi connectivity index (χ3n) is 2.01. The average Bonchev–Trinajstić information content (AvgIpc) is 2.33. The van der Waals surface area contributed by atoms with Gasteiger partial charge in [-0.05, 0) is 13.8 Å². The van der Waals surface area contributed by atoms with E-state index in [1.807, 2.05) is 0 Å². The van der Waals surface area contributed by atoms with Gasteiger partial charge in [0.1, 0.15) is 17.7 Å². The van der Waals surface area contributed by atoms with Crippen molar-refractivity contribution >= 4 is 0 Å². The summed E-state index contributed by atoms with van der Waals surface area (Å²) in [6.07, 6.45) is 0. The number of ether oxygens (including phenoxy) is 2. The second-order valence-electron chi connectivity index (χ2n) is 3.03. The van der Waals surface area contributed by atoms with Gasteiger partial charge in [-0.25, -0.2) is 4.39 Å². The number of nitriles is 2. The van der Waals surface area contributed by atoms with Crippen LogP contribution in [0.5, 0.6) is 11.5 Å². The molecule has 1 aromatic carbocycles. The lowest BCUT2D eigenvalue weighted by atomic mass is 10.1. The zero-order valence-electron chi connectivity index (χ0n) is 9.58. The highest BCUT2D eigenvalue weighted by Gasteiger charge is 2.20. The van der Waals surface area contributed by atoms with E-state index in [9.17, 15) is 4.39 Å². The largest absolute Gasteiger partial charge is 0.490 e. The van der Waals surface area contributed by atoms with Crippen molar-refractivity contribution in [3.8, 4) is 23.6 Å². The summed E-state index contributed by atoms with van der Waals surface area (Å²) in [4.78, 5) is 0. The molecule has 0 fully saturated rings. The van der Waals surface area contributed by atoms with Crippen molar-refractivity contribution in [2.45, 2.75) is 13.8 Å². The molecule has 0 bridgehead atoms. The van der Waals surface area contributed by atoms with Crippen molar-refractivity contribution in [2.75, 3.05) is 13.2 Å². The monoisotopic (exact) mass is 234 g/mol. The molecule has 1 rings (SSSR count). The fourth-order valence-corrected chi connectivity index (χ4v) is 1.35. The zero-order valence-corrected chi connectivity index (χ0v) is 9.58.